The summed E-state index contributed by atoms with van der Waals surface area (Å²) in [4.78, 5) is 4.24. The van der Waals surface area contributed by atoms with Crippen molar-refractivity contribution < 1.29 is 0 Å². The van der Waals surface area contributed by atoms with Gasteiger partial charge in [0, 0.05) is 23.8 Å². The summed E-state index contributed by atoms with van der Waals surface area (Å²) in [5.41, 5.74) is 7.86. The Labute approximate surface area is 112 Å². The molecule has 0 aliphatic carbocycles. The summed E-state index contributed by atoms with van der Waals surface area (Å²) in [7, 11) is 0. The molecule has 1 aromatic carbocycles. The molecular weight excluding hydrogens is 242 g/mol. The van der Waals surface area contributed by atoms with Gasteiger partial charge in [-0.3, -0.25) is 0 Å². The van der Waals surface area contributed by atoms with E-state index in [1.165, 1.54) is 5.56 Å². The first kappa shape index (κ1) is 13.1. The maximum Gasteiger partial charge on any atom is 0.106 e. The molecule has 0 spiro atoms. The highest BCUT2D eigenvalue weighted by atomic mass is 32.1. The number of thiazole rings is 1. The van der Waals surface area contributed by atoms with Gasteiger partial charge in [0.05, 0.1) is 0 Å². The molecule has 1 heterocycles. The van der Waals surface area contributed by atoms with E-state index in [1.54, 1.807) is 11.3 Å². The minimum Gasteiger partial charge on any atom is -0.399 e. The zero-order valence-corrected chi connectivity index (χ0v) is 11.4. The summed E-state index contributed by atoms with van der Waals surface area (Å²) in [6, 6.07) is 8.16. The Hall–Kier alpha value is -1.39. The topological polar surface area (TPSA) is 50.9 Å². The Morgan fingerprint density at radius 1 is 1.33 bits per heavy atom. The van der Waals surface area contributed by atoms with Crippen molar-refractivity contribution in [2.45, 2.75) is 25.8 Å². The van der Waals surface area contributed by atoms with E-state index >= 15 is 0 Å². The predicted molar refractivity (Wildman–Crippen MR) is 77.7 cm³/mol. The summed E-state index contributed by atoms with van der Waals surface area (Å²) in [5.74, 6) is 0.550. The second-order valence-corrected chi connectivity index (χ2v) is 5.44. The maximum atomic E-state index is 5.68. The number of nitrogens with zero attached hydrogens (tertiary/aromatic N) is 1. The average molecular weight is 261 g/mol. The van der Waals surface area contributed by atoms with Crippen LogP contribution >= 0.6 is 11.3 Å². The third-order valence-electron chi connectivity index (χ3n) is 3.02. The molecule has 0 fully saturated rings. The third-order valence-corrected chi connectivity index (χ3v) is 3.80. The monoisotopic (exact) mass is 261 g/mol. The van der Waals surface area contributed by atoms with E-state index in [9.17, 15) is 0 Å². The lowest BCUT2D eigenvalue weighted by Gasteiger charge is -2.12. The van der Waals surface area contributed by atoms with Gasteiger partial charge in [-0.25, -0.2) is 4.98 Å². The molecule has 0 aliphatic heterocycles. The van der Waals surface area contributed by atoms with Gasteiger partial charge >= 0.3 is 0 Å². The van der Waals surface area contributed by atoms with Gasteiger partial charge in [0.15, 0.2) is 0 Å². The molecule has 3 N–H and O–H groups in total. The standard InChI is InChI=1S/C14H19N3S/c1-11(12-2-4-13(15)5-3-12)6-7-16-10-14-17-8-9-18-14/h2-5,8-9,11,16H,6-7,10,15H2,1H3. The van der Waals surface area contributed by atoms with Crippen molar-refractivity contribution in [1.82, 2.24) is 10.3 Å². The first-order chi connectivity index (χ1) is 8.75. The highest BCUT2D eigenvalue weighted by Gasteiger charge is 2.04. The molecule has 0 bridgehead atoms. The number of anilines is 1. The lowest BCUT2D eigenvalue weighted by molar-refractivity contribution is 0.593. The molecule has 0 saturated heterocycles. The van der Waals surface area contributed by atoms with E-state index in [0.717, 1.165) is 30.2 Å². The van der Waals surface area contributed by atoms with E-state index in [1.807, 2.05) is 23.7 Å². The smallest absolute Gasteiger partial charge is 0.106 e. The van der Waals surface area contributed by atoms with E-state index < -0.39 is 0 Å². The number of rotatable bonds is 6. The largest absolute Gasteiger partial charge is 0.399 e. The van der Waals surface area contributed by atoms with Crippen LogP contribution in [0.3, 0.4) is 0 Å². The molecule has 0 amide bonds. The zero-order valence-electron chi connectivity index (χ0n) is 10.6. The zero-order chi connectivity index (χ0) is 12.8. The third kappa shape index (κ3) is 3.82. The summed E-state index contributed by atoms with van der Waals surface area (Å²) >= 11 is 1.69. The molecule has 2 aromatic rings. The van der Waals surface area contributed by atoms with Crippen LogP contribution in [-0.4, -0.2) is 11.5 Å². The van der Waals surface area contributed by atoms with E-state index in [4.69, 9.17) is 5.73 Å². The number of benzene rings is 1. The van der Waals surface area contributed by atoms with Crippen LogP contribution in [0.25, 0.3) is 0 Å². The van der Waals surface area contributed by atoms with Gasteiger partial charge < -0.3 is 11.1 Å². The van der Waals surface area contributed by atoms with Crippen molar-refractivity contribution in [3.8, 4) is 0 Å². The predicted octanol–water partition coefficient (Wildman–Crippen LogP) is 3.01. The number of aromatic nitrogens is 1. The van der Waals surface area contributed by atoms with Crippen LogP contribution in [0.1, 0.15) is 29.8 Å². The fourth-order valence-electron chi connectivity index (χ4n) is 1.85. The number of hydrogen-bond donors (Lipinski definition) is 2. The quantitative estimate of drug-likeness (QED) is 0.621. The van der Waals surface area contributed by atoms with Crippen LogP contribution in [0.5, 0.6) is 0 Å². The van der Waals surface area contributed by atoms with Crippen LogP contribution in [-0.2, 0) is 6.54 Å². The molecule has 2 rings (SSSR count). The van der Waals surface area contributed by atoms with Crippen molar-refractivity contribution in [3.05, 3.63) is 46.4 Å². The summed E-state index contributed by atoms with van der Waals surface area (Å²) in [6.45, 7) is 4.12. The molecule has 3 nitrogen and oxygen atoms in total. The first-order valence-electron chi connectivity index (χ1n) is 6.20. The summed E-state index contributed by atoms with van der Waals surface area (Å²) in [6.07, 6.45) is 2.97. The van der Waals surface area contributed by atoms with Crippen LogP contribution < -0.4 is 11.1 Å². The minimum absolute atomic E-state index is 0.550. The molecule has 0 radical (unpaired) electrons. The minimum atomic E-state index is 0.550. The van der Waals surface area contributed by atoms with Crippen LogP contribution in [0, 0.1) is 0 Å². The number of nitrogens with one attached hydrogen (secondary N) is 1. The number of hydrogen-bond acceptors (Lipinski definition) is 4. The normalized spacial score (nSPS) is 12.5. The van der Waals surface area contributed by atoms with E-state index in [0.29, 0.717) is 5.92 Å². The van der Waals surface area contributed by atoms with E-state index in [-0.39, 0.29) is 0 Å². The second-order valence-electron chi connectivity index (χ2n) is 4.46. The molecular formula is C14H19N3S. The Kier molecular flexibility index (Phi) is 4.73. The number of nitrogens with two attached hydrogens (primary N) is 1. The summed E-state index contributed by atoms with van der Waals surface area (Å²) < 4.78 is 0. The molecule has 0 saturated carbocycles. The summed E-state index contributed by atoms with van der Waals surface area (Å²) in [5, 5.41) is 6.58. The van der Waals surface area contributed by atoms with Gasteiger partial charge in [0.2, 0.25) is 0 Å². The Morgan fingerprint density at radius 2 is 2.11 bits per heavy atom. The van der Waals surface area contributed by atoms with Gasteiger partial charge in [0.1, 0.15) is 5.01 Å². The Bertz CT molecular complexity index is 450. The lowest BCUT2D eigenvalue weighted by atomic mass is 9.98. The van der Waals surface area contributed by atoms with Gasteiger partial charge in [-0.15, -0.1) is 11.3 Å². The van der Waals surface area contributed by atoms with E-state index in [2.05, 4.69) is 29.4 Å². The fraction of sp³-hybridized carbons (Fsp3) is 0.357. The second kappa shape index (κ2) is 6.52. The molecule has 1 unspecified atom stereocenters. The maximum absolute atomic E-state index is 5.68. The Morgan fingerprint density at radius 3 is 2.78 bits per heavy atom. The molecule has 0 aliphatic rings. The fourth-order valence-corrected chi connectivity index (χ4v) is 2.43. The van der Waals surface area contributed by atoms with Crippen LogP contribution in [0.2, 0.25) is 0 Å². The van der Waals surface area contributed by atoms with Crippen LogP contribution in [0.4, 0.5) is 5.69 Å². The van der Waals surface area contributed by atoms with Gasteiger partial charge in [-0.2, -0.15) is 0 Å². The highest BCUT2D eigenvalue weighted by Crippen LogP contribution is 2.19. The molecule has 1 atom stereocenters. The van der Waals surface area contributed by atoms with Crippen LogP contribution in [0.15, 0.2) is 35.8 Å². The van der Waals surface area contributed by atoms with Crippen molar-refractivity contribution in [3.63, 3.8) is 0 Å². The highest BCUT2D eigenvalue weighted by molar-refractivity contribution is 7.09. The van der Waals surface area contributed by atoms with Crippen molar-refractivity contribution >= 4 is 17.0 Å². The van der Waals surface area contributed by atoms with Gasteiger partial charge in [-0.05, 0) is 36.6 Å². The van der Waals surface area contributed by atoms with Gasteiger partial charge in [0.25, 0.3) is 0 Å². The lowest BCUT2D eigenvalue weighted by Crippen LogP contribution is -2.16. The molecule has 4 heteroatoms. The van der Waals surface area contributed by atoms with Crippen molar-refractivity contribution in [2.24, 2.45) is 0 Å². The molecule has 1 aromatic heterocycles. The SMILES string of the molecule is CC(CCNCc1nccs1)c1ccc(N)cc1. The number of nitrogen functional groups attached to an aromatic ring is 1. The van der Waals surface area contributed by atoms with Crippen molar-refractivity contribution in [2.75, 3.05) is 12.3 Å². The Balaban J connectivity index is 1.71. The van der Waals surface area contributed by atoms with Crippen molar-refractivity contribution in [1.29, 1.82) is 0 Å². The van der Waals surface area contributed by atoms with Gasteiger partial charge in [-0.1, -0.05) is 19.1 Å². The average Bonchev–Trinajstić information content (AvgIpc) is 2.88. The molecule has 96 valence electrons. The first-order valence-corrected chi connectivity index (χ1v) is 7.08. The molecule has 18 heavy (non-hydrogen) atoms.